The molecule has 0 amide bonds. The van der Waals surface area contributed by atoms with Gasteiger partial charge in [-0.25, -0.2) is 18.8 Å². The monoisotopic (exact) mass is 384 g/mol. The van der Waals surface area contributed by atoms with E-state index in [-0.39, 0.29) is 46.8 Å². The quantitative estimate of drug-likeness (QED) is 0.460. The van der Waals surface area contributed by atoms with Crippen molar-refractivity contribution in [3.05, 3.63) is 40.5 Å². The van der Waals surface area contributed by atoms with Gasteiger partial charge in [0.15, 0.2) is 17.8 Å². The lowest BCUT2D eigenvalue weighted by atomic mass is 9.94. The highest BCUT2D eigenvalue weighted by atomic mass is 19.1. The second-order valence-electron chi connectivity index (χ2n) is 5.61. The number of aromatic nitrogens is 1. The third-order valence-electron chi connectivity index (χ3n) is 4.02. The first-order chi connectivity index (χ1) is 13.4. The zero-order valence-electron chi connectivity index (χ0n) is 14.5. The number of nitrogen functional groups attached to an aromatic ring is 2. The van der Waals surface area contributed by atoms with E-state index in [2.05, 4.69) is 20.6 Å². The zero-order valence-corrected chi connectivity index (χ0v) is 14.5. The molecule has 0 saturated carbocycles. The van der Waals surface area contributed by atoms with Gasteiger partial charge in [0.05, 0.1) is 17.9 Å². The molecule has 1 aromatic heterocycles. The molecule has 1 aromatic carbocycles. The number of halogens is 2. The molecular weight excluding hydrogens is 370 g/mol. The maximum atomic E-state index is 15.0. The minimum absolute atomic E-state index is 0.0207. The van der Waals surface area contributed by atoms with E-state index in [4.69, 9.17) is 21.5 Å². The van der Waals surface area contributed by atoms with Gasteiger partial charge in [0.25, 0.3) is 0 Å². The highest BCUT2D eigenvalue weighted by Crippen LogP contribution is 2.43. The molecule has 2 heterocycles. The Balaban J connectivity index is 2.32. The minimum Gasteiger partial charge on any atom is -0.491 e. The third-order valence-corrected chi connectivity index (χ3v) is 4.02. The Kier molecular flexibility index (Phi) is 4.83. The predicted molar refractivity (Wildman–Crippen MR) is 97.0 cm³/mol. The number of aliphatic imine (C=N–C) groups is 1. The molecular formula is C17H14F2N8O. The molecule has 142 valence electrons. The van der Waals surface area contributed by atoms with Gasteiger partial charge < -0.3 is 21.5 Å². The van der Waals surface area contributed by atoms with E-state index in [9.17, 15) is 9.65 Å². The summed E-state index contributed by atoms with van der Waals surface area (Å²) in [4.78, 5) is 8.17. The number of guanidine groups is 1. The van der Waals surface area contributed by atoms with Crippen LogP contribution in [-0.2, 0) is 0 Å². The number of nitriles is 2. The summed E-state index contributed by atoms with van der Waals surface area (Å²) in [6, 6.07) is 2.66. The Morgan fingerprint density at radius 3 is 2.68 bits per heavy atom. The summed E-state index contributed by atoms with van der Waals surface area (Å²) in [5, 5.41) is 23.1. The Hall–Kier alpha value is -4.12. The highest BCUT2D eigenvalue weighted by Gasteiger charge is 2.34. The van der Waals surface area contributed by atoms with E-state index in [1.165, 1.54) is 0 Å². The number of nitrogens with one attached hydrogen (secondary N) is 2. The normalized spacial score (nSPS) is 14.8. The van der Waals surface area contributed by atoms with Crippen LogP contribution in [0, 0.1) is 34.4 Å². The minimum atomic E-state index is -1.34. The molecule has 0 saturated heterocycles. The molecule has 1 atom stereocenters. The number of fused-ring (bicyclic) bond motifs is 1. The van der Waals surface area contributed by atoms with Crippen LogP contribution in [0.1, 0.15) is 29.7 Å². The summed E-state index contributed by atoms with van der Waals surface area (Å²) in [7, 11) is 0. The number of benzene rings is 1. The lowest BCUT2D eigenvalue weighted by Gasteiger charge is -2.27. The Morgan fingerprint density at radius 2 is 2.04 bits per heavy atom. The molecule has 0 aliphatic carbocycles. The maximum absolute atomic E-state index is 15.0. The number of hydrogen-bond donors (Lipinski definition) is 4. The fraction of sp³-hybridized carbons (Fsp3) is 0.176. The summed E-state index contributed by atoms with van der Waals surface area (Å²) >= 11 is 0. The van der Waals surface area contributed by atoms with Gasteiger partial charge in [-0.3, -0.25) is 5.32 Å². The standard InChI is InChI=1S/C17H14F2N8O/c1-2-28-9-4-3-8(18)10(12(9)19)14-11-13(22)7(5-20)15(23)26-16(11)27-17(25-14)24-6-21/h3-4,14H,2H2,1H3,(H6,22,23,24,25,26,27). The molecule has 6 N–H and O–H groups in total. The van der Waals surface area contributed by atoms with E-state index in [1.807, 2.05) is 6.07 Å². The van der Waals surface area contributed by atoms with Crippen LogP contribution in [0.15, 0.2) is 17.1 Å². The average molecular weight is 384 g/mol. The second-order valence-corrected chi connectivity index (χ2v) is 5.61. The van der Waals surface area contributed by atoms with Crippen molar-refractivity contribution >= 4 is 23.3 Å². The molecule has 1 unspecified atom stereocenters. The van der Waals surface area contributed by atoms with Gasteiger partial charge in [0.2, 0.25) is 5.96 Å². The zero-order chi connectivity index (χ0) is 20.4. The summed E-state index contributed by atoms with van der Waals surface area (Å²) in [5.74, 6) is -2.33. The fourth-order valence-corrected chi connectivity index (χ4v) is 2.86. The van der Waals surface area contributed by atoms with Crippen LogP contribution < -0.4 is 26.8 Å². The van der Waals surface area contributed by atoms with Gasteiger partial charge >= 0.3 is 0 Å². The molecule has 0 bridgehead atoms. The van der Waals surface area contributed by atoms with Crippen LogP contribution in [0.2, 0.25) is 0 Å². The van der Waals surface area contributed by atoms with Crippen LogP contribution in [0.25, 0.3) is 0 Å². The van der Waals surface area contributed by atoms with Crippen molar-refractivity contribution in [3.8, 4) is 18.0 Å². The Bertz CT molecular complexity index is 1070. The van der Waals surface area contributed by atoms with Crippen molar-refractivity contribution < 1.29 is 13.5 Å². The Labute approximate surface area is 158 Å². The molecule has 9 nitrogen and oxygen atoms in total. The topological polar surface area (TPSA) is 158 Å². The van der Waals surface area contributed by atoms with Gasteiger partial charge in [0.1, 0.15) is 35.1 Å². The predicted octanol–water partition coefficient (Wildman–Crippen LogP) is 1.74. The molecule has 11 heteroatoms. The first-order valence-corrected chi connectivity index (χ1v) is 8.02. The van der Waals surface area contributed by atoms with Crippen molar-refractivity contribution in [2.24, 2.45) is 4.99 Å². The van der Waals surface area contributed by atoms with Gasteiger partial charge in [-0.15, -0.1) is 0 Å². The lowest BCUT2D eigenvalue weighted by Crippen LogP contribution is -2.33. The summed E-state index contributed by atoms with van der Waals surface area (Å²) in [6.45, 7) is 1.81. The maximum Gasteiger partial charge on any atom is 0.211 e. The van der Waals surface area contributed by atoms with Crippen LogP contribution >= 0.6 is 0 Å². The number of ether oxygens (including phenoxy) is 1. The third kappa shape index (κ3) is 2.95. The molecule has 0 spiro atoms. The van der Waals surface area contributed by atoms with Gasteiger partial charge in [-0.05, 0) is 19.1 Å². The number of anilines is 3. The summed E-state index contributed by atoms with van der Waals surface area (Å²) in [5.41, 5.74) is 11.1. The number of nitrogens with zero attached hydrogens (tertiary/aromatic N) is 4. The van der Waals surface area contributed by atoms with Gasteiger partial charge in [0, 0.05) is 5.56 Å². The fourth-order valence-electron chi connectivity index (χ4n) is 2.86. The smallest absolute Gasteiger partial charge is 0.211 e. The molecule has 1 aliphatic rings. The number of nitrogens with two attached hydrogens (primary N) is 2. The Morgan fingerprint density at radius 1 is 1.29 bits per heavy atom. The SMILES string of the molecule is CCOc1ccc(F)c(C2N=C(NC#N)Nc3nc(N)c(C#N)c(N)c32)c1F. The van der Waals surface area contributed by atoms with Crippen molar-refractivity contribution in [1.82, 2.24) is 10.3 Å². The van der Waals surface area contributed by atoms with E-state index in [1.54, 1.807) is 13.1 Å². The van der Waals surface area contributed by atoms with Crippen LogP contribution in [-0.4, -0.2) is 17.6 Å². The second kappa shape index (κ2) is 7.25. The van der Waals surface area contributed by atoms with E-state index < -0.39 is 23.2 Å². The molecule has 28 heavy (non-hydrogen) atoms. The van der Waals surface area contributed by atoms with Crippen LogP contribution in [0.5, 0.6) is 5.75 Å². The molecule has 0 fully saturated rings. The van der Waals surface area contributed by atoms with E-state index >= 15 is 4.39 Å². The average Bonchev–Trinajstić information content (AvgIpc) is 2.64. The van der Waals surface area contributed by atoms with E-state index in [0.717, 1.165) is 12.1 Å². The van der Waals surface area contributed by atoms with Crippen molar-refractivity contribution in [1.29, 1.82) is 10.5 Å². The summed E-state index contributed by atoms with van der Waals surface area (Å²) in [6.07, 6.45) is 1.65. The first-order valence-electron chi connectivity index (χ1n) is 8.02. The number of pyridine rings is 1. The number of hydrogen-bond acceptors (Lipinski definition) is 9. The molecule has 1 aliphatic heterocycles. The summed E-state index contributed by atoms with van der Waals surface area (Å²) < 4.78 is 34.8. The van der Waals surface area contributed by atoms with E-state index in [0.29, 0.717) is 0 Å². The van der Waals surface area contributed by atoms with Crippen LogP contribution in [0.3, 0.4) is 0 Å². The highest BCUT2D eigenvalue weighted by molar-refractivity contribution is 5.98. The molecule has 2 aromatic rings. The molecule has 3 rings (SSSR count). The van der Waals surface area contributed by atoms with Gasteiger partial charge in [-0.1, -0.05) is 0 Å². The lowest BCUT2D eigenvalue weighted by molar-refractivity contribution is 0.318. The largest absolute Gasteiger partial charge is 0.491 e. The van der Waals surface area contributed by atoms with Gasteiger partial charge in [-0.2, -0.15) is 10.5 Å². The molecule has 0 radical (unpaired) electrons. The van der Waals surface area contributed by atoms with Crippen molar-refractivity contribution in [2.75, 3.05) is 23.4 Å². The van der Waals surface area contributed by atoms with Crippen LogP contribution in [0.4, 0.5) is 26.1 Å². The first kappa shape index (κ1) is 18.7. The van der Waals surface area contributed by atoms with Crippen molar-refractivity contribution in [3.63, 3.8) is 0 Å². The number of rotatable bonds is 3. The van der Waals surface area contributed by atoms with Crippen molar-refractivity contribution in [2.45, 2.75) is 13.0 Å².